The highest BCUT2D eigenvalue weighted by Crippen LogP contribution is 2.26. The van der Waals surface area contributed by atoms with Crippen LogP contribution in [-0.4, -0.2) is 21.8 Å². The van der Waals surface area contributed by atoms with Crippen molar-refractivity contribution < 1.29 is 8.85 Å². The molecule has 0 aromatic carbocycles. The van der Waals surface area contributed by atoms with Gasteiger partial charge >= 0.3 is 8.56 Å². The van der Waals surface area contributed by atoms with Crippen molar-refractivity contribution in [3.63, 3.8) is 0 Å². The molecule has 3 heteroatoms. The van der Waals surface area contributed by atoms with E-state index >= 15 is 0 Å². The van der Waals surface area contributed by atoms with Crippen LogP contribution in [-0.2, 0) is 8.85 Å². The van der Waals surface area contributed by atoms with Crippen molar-refractivity contribution in [1.82, 2.24) is 0 Å². The summed E-state index contributed by atoms with van der Waals surface area (Å²) >= 11 is 0. The molecular formula is C32H68O2Si. The zero-order valence-corrected chi connectivity index (χ0v) is 26.1. The molecular weight excluding hydrogens is 444 g/mol. The molecule has 35 heavy (non-hydrogen) atoms. The molecule has 0 atom stereocenters. The number of rotatable bonds is 30. The van der Waals surface area contributed by atoms with E-state index in [1.807, 2.05) is 0 Å². The summed E-state index contributed by atoms with van der Waals surface area (Å²) in [6.45, 7) is 10.6. The van der Waals surface area contributed by atoms with E-state index in [0.717, 1.165) is 13.2 Å². The molecule has 0 rings (SSSR count). The highest BCUT2D eigenvalue weighted by atomic mass is 28.4. The van der Waals surface area contributed by atoms with Gasteiger partial charge in [0.2, 0.25) is 0 Å². The molecule has 0 saturated carbocycles. The zero-order chi connectivity index (χ0) is 25.7. The van der Waals surface area contributed by atoms with Gasteiger partial charge in [0, 0.05) is 13.2 Å². The minimum Gasteiger partial charge on any atom is -0.394 e. The Morgan fingerprint density at radius 2 is 0.543 bits per heavy atom. The van der Waals surface area contributed by atoms with Crippen molar-refractivity contribution in [2.75, 3.05) is 13.2 Å². The Bertz CT molecular complexity index is 382. The first kappa shape index (κ1) is 35.1. The average molecular weight is 513 g/mol. The van der Waals surface area contributed by atoms with Gasteiger partial charge in [-0.1, -0.05) is 168 Å². The molecule has 0 heterocycles. The van der Waals surface area contributed by atoms with Crippen LogP contribution in [0.3, 0.4) is 0 Å². The second kappa shape index (κ2) is 28.7. The van der Waals surface area contributed by atoms with Crippen LogP contribution in [0.15, 0.2) is 0 Å². The SMILES string of the molecule is CCCCCCCCCCCCCCC[Si](CCCCCCCCCCCCC)(OCC)OCC. The molecule has 0 spiro atoms. The molecule has 0 fully saturated rings. The minimum atomic E-state index is -1.99. The van der Waals surface area contributed by atoms with E-state index in [9.17, 15) is 0 Å². The minimum absolute atomic E-state index is 0.822. The van der Waals surface area contributed by atoms with Crippen molar-refractivity contribution in [1.29, 1.82) is 0 Å². The molecule has 0 aliphatic heterocycles. The van der Waals surface area contributed by atoms with Crippen molar-refractivity contribution in [2.24, 2.45) is 0 Å². The summed E-state index contributed by atoms with van der Waals surface area (Å²) < 4.78 is 12.8. The molecule has 0 saturated heterocycles. The lowest BCUT2D eigenvalue weighted by Crippen LogP contribution is -2.42. The summed E-state index contributed by atoms with van der Waals surface area (Å²) in [7, 11) is -1.99. The third-order valence-electron chi connectivity index (χ3n) is 7.64. The molecule has 0 aromatic heterocycles. The molecule has 0 N–H and O–H groups in total. The van der Waals surface area contributed by atoms with Gasteiger partial charge in [-0.3, -0.25) is 0 Å². The Labute approximate surface area is 224 Å². The van der Waals surface area contributed by atoms with Crippen LogP contribution >= 0.6 is 0 Å². The molecule has 0 unspecified atom stereocenters. The third-order valence-corrected chi connectivity index (χ3v) is 11.5. The fourth-order valence-corrected chi connectivity index (χ4v) is 8.99. The van der Waals surface area contributed by atoms with Gasteiger partial charge < -0.3 is 8.85 Å². The molecule has 0 aromatic rings. The van der Waals surface area contributed by atoms with Crippen LogP contribution in [0.5, 0.6) is 0 Å². The van der Waals surface area contributed by atoms with Gasteiger partial charge in [0.1, 0.15) is 0 Å². The smallest absolute Gasteiger partial charge is 0.338 e. The monoisotopic (exact) mass is 512 g/mol. The second-order valence-electron chi connectivity index (χ2n) is 11.1. The van der Waals surface area contributed by atoms with Crippen molar-refractivity contribution in [3.05, 3.63) is 0 Å². The predicted molar refractivity (Wildman–Crippen MR) is 161 cm³/mol. The van der Waals surface area contributed by atoms with E-state index < -0.39 is 8.56 Å². The van der Waals surface area contributed by atoms with E-state index in [2.05, 4.69) is 27.7 Å². The van der Waals surface area contributed by atoms with Gasteiger partial charge in [-0.15, -0.1) is 0 Å². The van der Waals surface area contributed by atoms with Gasteiger partial charge in [0.05, 0.1) is 0 Å². The number of unbranched alkanes of at least 4 members (excludes halogenated alkanes) is 22. The Morgan fingerprint density at radius 3 is 0.771 bits per heavy atom. The van der Waals surface area contributed by atoms with E-state index in [4.69, 9.17) is 8.85 Å². The van der Waals surface area contributed by atoms with Crippen LogP contribution in [0.1, 0.15) is 182 Å². The topological polar surface area (TPSA) is 18.5 Å². The van der Waals surface area contributed by atoms with Crippen LogP contribution in [0.2, 0.25) is 12.1 Å². The fourth-order valence-electron chi connectivity index (χ4n) is 5.45. The molecule has 0 bridgehead atoms. The summed E-state index contributed by atoms with van der Waals surface area (Å²) in [6.07, 6.45) is 33.9. The van der Waals surface area contributed by atoms with Crippen LogP contribution in [0.4, 0.5) is 0 Å². The van der Waals surface area contributed by atoms with Crippen LogP contribution in [0, 0.1) is 0 Å². The quantitative estimate of drug-likeness (QED) is 0.0703. The Hall–Kier alpha value is 0.137. The van der Waals surface area contributed by atoms with Crippen LogP contribution in [0.25, 0.3) is 0 Å². The largest absolute Gasteiger partial charge is 0.394 e. The van der Waals surface area contributed by atoms with Crippen LogP contribution < -0.4 is 0 Å². The van der Waals surface area contributed by atoms with Gasteiger partial charge in [0.25, 0.3) is 0 Å². The zero-order valence-electron chi connectivity index (χ0n) is 25.1. The maximum atomic E-state index is 6.39. The van der Waals surface area contributed by atoms with Gasteiger partial charge in [-0.25, -0.2) is 0 Å². The lowest BCUT2D eigenvalue weighted by atomic mass is 10.1. The molecule has 2 nitrogen and oxygen atoms in total. The molecule has 0 aliphatic carbocycles. The predicted octanol–water partition coefficient (Wildman–Crippen LogP) is 11.9. The maximum Gasteiger partial charge on any atom is 0.338 e. The van der Waals surface area contributed by atoms with E-state index in [0.29, 0.717) is 0 Å². The summed E-state index contributed by atoms with van der Waals surface area (Å²) in [5.41, 5.74) is 0. The Morgan fingerprint density at radius 1 is 0.314 bits per heavy atom. The molecule has 0 amide bonds. The highest BCUT2D eigenvalue weighted by Gasteiger charge is 2.35. The van der Waals surface area contributed by atoms with E-state index in [-0.39, 0.29) is 0 Å². The summed E-state index contributed by atoms with van der Waals surface area (Å²) in [4.78, 5) is 0. The van der Waals surface area contributed by atoms with E-state index in [1.165, 1.54) is 166 Å². The number of hydrogen-bond acceptors (Lipinski definition) is 2. The molecule has 212 valence electrons. The average Bonchev–Trinajstić information content (AvgIpc) is 2.85. The third kappa shape index (κ3) is 24.2. The van der Waals surface area contributed by atoms with Crippen molar-refractivity contribution in [2.45, 2.75) is 194 Å². The Balaban J connectivity index is 3.83. The first-order valence-electron chi connectivity index (χ1n) is 16.5. The molecule has 0 aliphatic rings. The lowest BCUT2D eigenvalue weighted by molar-refractivity contribution is 0.180. The lowest BCUT2D eigenvalue weighted by Gasteiger charge is -2.30. The highest BCUT2D eigenvalue weighted by molar-refractivity contribution is 6.67. The first-order valence-corrected chi connectivity index (χ1v) is 18.8. The number of hydrogen-bond donors (Lipinski definition) is 0. The maximum absolute atomic E-state index is 6.39. The summed E-state index contributed by atoms with van der Waals surface area (Å²) in [5.74, 6) is 0. The van der Waals surface area contributed by atoms with Crippen molar-refractivity contribution >= 4 is 8.56 Å². The normalized spacial score (nSPS) is 12.0. The standard InChI is InChI=1S/C32H68O2Si/c1-5-9-11-13-15-17-19-20-22-24-26-28-30-32-35(33-7-3,34-8-4)31-29-27-25-23-21-18-16-14-12-10-6-2/h5-32H2,1-4H3. The second-order valence-corrected chi connectivity index (χ2v) is 14.5. The summed E-state index contributed by atoms with van der Waals surface area (Å²) in [6, 6.07) is 2.42. The molecule has 0 radical (unpaired) electrons. The summed E-state index contributed by atoms with van der Waals surface area (Å²) in [5, 5.41) is 0. The van der Waals surface area contributed by atoms with Gasteiger partial charge in [-0.05, 0) is 25.9 Å². The Kier molecular flexibility index (Phi) is 28.8. The van der Waals surface area contributed by atoms with Gasteiger partial charge in [0.15, 0.2) is 0 Å². The van der Waals surface area contributed by atoms with Crippen molar-refractivity contribution in [3.8, 4) is 0 Å². The van der Waals surface area contributed by atoms with E-state index in [1.54, 1.807) is 0 Å². The first-order chi connectivity index (χ1) is 17.2. The fraction of sp³-hybridized carbons (Fsp3) is 1.00. The van der Waals surface area contributed by atoms with Gasteiger partial charge in [-0.2, -0.15) is 0 Å².